The van der Waals surface area contributed by atoms with Gasteiger partial charge >= 0.3 is 0 Å². The summed E-state index contributed by atoms with van der Waals surface area (Å²) in [6, 6.07) is 2.73. The lowest BCUT2D eigenvalue weighted by Crippen LogP contribution is -2.52. The van der Waals surface area contributed by atoms with E-state index >= 15 is 0 Å². The Morgan fingerprint density at radius 2 is 2.27 bits per heavy atom. The zero-order valence-electron chi connectivity index (χ0n) is 9.28. The van der Waals surface area contributed by atoms with Crippen LogP contribution in [-0.4, -0.2) is 43.3 Å². The summed E-state index contributed by atoms with van der Waals surface area (Å²) >= 11 is 0. The molecule has 0 radical (unpaired) electrons. The fraction of sp³-hybridized carbons (Fsp3) is 0.909. The van der Waals surface area contributed by atoms with Crippen LogP contribution >= 0.6 is 0 Å². The van der Waals surface area contributed by atoms with Crippen molar-refractivity contribution >= 4 is 0 Å². The van der Waals surface area contributed by atoms with Crippen molar-refractivity contribution in [1.82, 2.24) is 4.90 Å². The number of nitriles is 1. The molecular formula is C11H19N3O. The third kappa shape index (κ3) is 2.31. The van der Waals surface area contributed by atoms with E-state index in [4.69, 9.17) is 15.7 Å². The monoisotopic (exact) mass is 209 g/mol. The van der Waals surface area contributed by atoms with Crippen molar-refractivity contribution in [3.05, 3.63) is 0 Å². The first-order valence-electron chi connectivity index (χ1n) is 5.64. The molecule has 1 saturated heterocycles. The van der Waals surface area contributed by atoms with Crippen LogP contribution in [0.5, 0.6) is 0 Å². The van der Waals surface area contributed by atoms with Crippen LogP contribution in [0.15, 0.2) is 0 Å². The van der Waals surface area contributed by atoms with Crippen molar-refractivity contribution in [1.29, 1.82) is 5.26 Å². The summed E-state index contributed by atoms with van der Waals surface area (Å²) in [5, 5.41) is 9.15. The summed E-state index contributed by atoms with van der Waals surface area (Å²) in [5.74, 6) is 0.410. The van der Waals surface area contributed by atoms with E-state index in [9.17, 15) is 0 Å². The highest BCUT2D eigenvalue weighted by molar-refractivity contribution is 5.14. The van der Waals surface area contributed by atoms with Crippen LogP contribution in [0.4, 0.5) is 0 Å². The molecular weight excluding hydrogens is 190 g/mol. The molecule has 2 aliphatic rings. The van der Waals surface area contributed by atoms with Crippen molar-refractivity contribution in [2.75, 3.05) is 26.8 Å². The molecule has 0 amide bonds. The van der Waals surface area contributed by atoms with Gasteiger partial charge in [0.05, 0.1) is 12.7 Å². The molecule has 1 heterocycles. The Morgan fingerprint density at radius 3 is 2.73 bits per heavy atom. The molecule has 1 aliphatic heterocycles. The van der Waals surface area contributed by atoms with Gasteiger partial charge in [0.25, 0.3) is 0 Å². The van der Waals surface area contributed by atoms with Crippen molar-refractivity contribution in [3.63, 3.8) is 0 Å². The number of hydrogen-bond donors (Lipinski definition) is 1. The second kappa shape index (κ2) is 4.09. The van der Waals surface area contributed by atoms with Crippen LogP contribution < -0.4 is 5.73 Å². The van der Waals surface area contributed by atoms with Gasteiger partial charge in [-0.2, -0.15) is 5.26 Å². The van der Waals surface area contributed by atoms with E-state index in [1.807, 2.05) is 7.05 Å². The molecule has 84 valence electrons. The van der Waals surface area contributed by atoms with Gasteiger partial charge in [-0.05, 0) is 32.2 Å². The Morgan fingerprint density at radius 1 is 1.53 bits per heavy atom. The van der Waals surface area contributed by atoms with E-state index < -0.39 is 5.54 Å². The summed E-state index contributed by atoms with van der Waals surface area (Å²) in [5.41, 5.74) is 5.49. The second-order valence-corrected chi connectivity index (χ2v) is 4.86. The topological polar surface area (TPSA) is 62.3 Å². The number of ether oxygens (including phenoxy) is 1. The number of nitrogens with zero attached hydrogens (tertiary/aromatic N) is 2. The predicted octanol–water partition coefficient (Wildman–Crippen LogP) is 0.338. The Balaban J connectivity index is 1.91. The van der Waals surface area contributed by atoms with Crippen LogP contribution in [-0.2, 0) is 4.74 Å². The highest BCUT2D eigenvalue weighted by Gasteiger charge is 2.44. The smallest absolute Gasteiger partial charge is 0.119 e. The van der Waals surface area contributed by atoms with Crippen LogP contribution in [0.25, 0.3) is 0 Å². The van der Waals surface area contributed by atoms with E-state index in [1.165, 1.54) is 0 Å². The normalized spacial score (nSPS) is 30.1. The number of likely N-dealkylation sites (N-methyl/N-ethyl adjacent to an activating group) is 1. The quantitative estimate of drug-likeness (QED) is 0.725. The molecule has 1 saturated carbocycles. The lowest BCUT2D eigenvalue weighted by atomic mass is 9.95. The largest absolute Gasteiger partial charge is 0.380 e. The van der Waals surface area contributed by atoms with Gasteiger partial charge < -0.3 is 10.5 Å². The van der Waals surface area contributed by atoms with Gasteiger partial charge in [-0.25, -0.2) is 0 Å². The third-order valence-corrected chi connectivity index (χ3v) is 3.55. The Hall–Kier alpha value is -0.630. The summed E-state index contributed by atoms with van der Waals surface area (Å²) in [6.07, 6.45) is 3.28. The van der Waals surface area contributed by atoms with Crippen LogP contribution in [0.2, 0.25) is 0 Å². The van der Waals surface area contributed by atoms with Crippen molar-refractivity contribution in [2.45, 2.75) is 30.8 Å². The van der Waals surface area contributed by atoms with Gasteiger partial charge in [0.15, 0.2) is 0 Å². The van der Waals surface area contributed by atoms with Crippen molar-refractivity contribution in [2.24, 2.45) is 11.7 Å². The number of hydrogen-bond acceptors (Lipinski definition) is 4. The summed E-state index contributed by atoms with van der Waals surface area (Å²) in [4.78, 5) is 2.19. The molecule has 2 unspecified atom stereocenters. The first-order valence-corrected chi connectivity index (χ1v) is 5.64. The zero-order valence-corrected chi connectivity index (χ0v) is 9.28. The maximum absolute atomic E-state index is 9.15. The van der Waals surface area contributed by atoms with Crippen molar-refractivity contribution in [3.8, 4) is 6.07 Å². The molecule has 4 heteroatoms. The van der Waals surface area contributed by atoms with Gasteiger partial charge in [0, 0.05) is 19.2 Å². The average molecular weight is 209 g/mol. The van der Waals surface area contributed by atoms with Gasteiger partial charge in [0.1, 0.15) is 5.54 Å². The van der Waals surface area contributed by atoms with E-state index in [0.717, 1.165) is 32.5 Å². The molecule has 0 aromatic rings. The zero-order chi connectivity index (χ0) is 10.9. The van der Waals surface area contributed by atoms with E-state index in [1.54, 1.807) is 0 Å². The van der Waals surface area contributed by atoms with Crippen molar-refractivity contribution < 1.29 is 4.74 Å². The first-order chi connectivity index (χ1) is 7.15. The standard InChI is InChI=1S/C11H19N3O/c1-14(10-4-5-15-6-10)8-11(13,7-12)9-2-3-9/h9-10H,2-6,8,13H2,1H3. The van der Waals surface area contributed by atoms with Gasteiger partial charge in [0.2, 0.25) is 0 Å². The fourth-order valence-corrected chi connectivity index (χ4v) is 2.27. The molecule has 2 rings (SSSR count). The highest BCUT2D eigenvalue weighted by atomic mass is 16.5. The Bertz CT molecular complexity index is 265. The van der Waals surface area contributed by atoms with E-state index in [-0.39, 0.29) is 0 Å². The van der Waals surface area contributed by atoms with Crippen LogP contribution in [0.1, 0.15) is 19.3 Å². The van der Waals surface area contributed by atoms with Gasteiger partial charge in [-0.3, -0.25) is 4.90 Å². The molecule has 0 aromatic heterocycles. The summed E-state index contributed by atoms with van der Waals surface area (Å²) < 4.78 is 5.34. The summed E-state index contributed by atoms with van der Waals surface area (Å²) in [6.45, 7) is 2.29. The lowest BCUT2D eigenvalue weighted by Gasteiger charge is -2.31. The number of rotatable bonds is 4. The molecule has 0 bridgehead atoms. The summed E-state index contributed by atoms with van der Waals surface area (Å²) in [7, 11) is 2.04. The van der Waals surface area contributed by atoms with E-state index in [2.05, 4.69) is 11.0 Å². The minimum absolute atomic E-state index is 0.410. The SMILES string of the molecule is CN(CC(N)(C#N)C1CC1)C1CCOC1. The Kier molecular flexibility index (Phi) is 2.96. The molecule has 4 nitrogen and oxygen atoms in total. The molecule has 15 heavy (non-hydrogen) atoms. The molecule has 2 N–H and O–H groups in total. The molecule has 2 atom stereocenters. The van der Waals surface area contributed by atoms with E-state index in [0.29, 0.717) is 18.5 Å². The molecule has 0 aromatic carbocycles. The fourth-order valence-electron chi connectivity index (χ4n) is 2.27. The minimum atomic E-state index is -0.642. The molecule has 0 spiro atoms. The van der Waals surface area contributed by atoms with Crippen LogP contribution in [0.3, 0.4) is 0 Å². The predicted molar refractivity (Wildman–Crippen MR) is 57.1 cm³/mol. The lowest BCUT2D eigenvalue weighted by molar-refractivity contribution is 0.147. The maximum atomic E-state index is 9.15. The molecule has 2 fully saturated rings. The van der Waals surface area contributed by atoms with Crippen LogP contribution in [0, 0.1) is 17.2 Å². The second-order valence-electron chi connectivity index (χ2n) is 4.86. The average Bonchev–Trinajstić information content (AvgIpc) is 2.94. The first kappa shape index (κ1) is 10.9. The highest BCUT2D eigenvalue weighted by Crippen LogP contribution is 2.38. The third-order valence-electron chi connectivity index (χ3n) is 3.55. The minimum Gasteiger partial charge on any atom is -0.380 e. The van der Waals surface area contributed by atoms with Gasteiger partial charge in [-0.1, -0.05) is 0 Å². The molecule has 1 aliphatic carbocycles. The Labute approximate surface area is 91.0 Å². The van der Waals surface area contributed by atoms with Gasteiger partial charge in [-0.15, -0.1) is 0 Å². The maximum Gasteiger partial charge on any atom is 0.119 e. The number of nitrogens with two attached hydrogens (primary N) is 1.